The first-order chi connectivity index (χ1) is 15.9. The van der Waals surface area contributed by atoms with Gasteiger partial charge in [0.2, 0.25) is 11.8 Å². The van der Waals surface area contributed by atoms with Crippen LogP contribution in [0.15, 0.2) is 60.2 Å². The summed E-state index contributed by atoms with van der Waals surface area (Å²) in [7, 11) is 0. The standard InChI is InChI=1S/C26H26N2O5/c1-3-14-33-26(32)18-5-9-19(10-6-18)27-23(29)17-7-11-20(12-8-17)28-24(30)21-13-4-16(2)15-22(21)25(28)31/h4-12,21-22H,3,13-15H2,1-2H3,(H,27,29)/t21-,22+/m0/s1. The van der Waals surface area contributed by atoms with Crippen molar-refractivity contribution in [2.24, 2.45) is 11.8 Å². The molecule has 4 rings (SSSR count). The van der Waals surface area contributed by atoms with E-state index in [0.717, 1.165) is 12.0 Å². The Morgan fingerprint density at radius 1 is 0.970 bits per heavy atom. The molecule has 33 heavy (non-hydrogen) atoms. The molecule has 2 aliphatic rings. The van der Waals surface area contributed by atoms with Crippen molar-refractivity contribution >= 4 is 35.1 Å². The van der Waals surface area contributed by atoms with E-state index < -0.39 is 5.97 Å². The second kappa shape index (κ2) is 9.40. The molecule has 0 spiro atoms. The van der Waals surface area contributed by atoms with Crippen LogP contribution in [0.5, 0.6) is 0 Å². The smallest absolute Gasteiger partial charge is 0.338 e. The van der Waals surface area contributed by atoms with Crippen molar-refractivity contribution in [1.82, 2.24) is 0 Å². The molecule has 7 heteroatoms. The number of nitrogens with one attached hydrogen (secondary N) is 1. The molecule has 0 saturated carbocycles. The van der Waals surface area contributed by atoms with Crippen molar-refractivity contribution in [3.8, 4) is 0 Å². The number of ether oxygens (including phenoxy) is 1. The number of nitrogens with zero attached hydrogens (tertiary/aromatic N) is 1. The van der Waals surface area contributed by atoms with E-state index in [1.54, 1.807) is 48.5 Å². The average Bonchev–Trinajstić information content (AvgIpc) is 3.07. The Balaban J connectivity index is 1.41. The zero-order valence-corrected chi connectivity index (χ0v) is 18.7. The lowest BCUT2D eigenvalue weighted by Gasteiger charge is -2.18. The number of carbonyl (C=O) groups is 4. The van der Waals surface area contributed by atoms with Gasteiger partial charge in [-0.1, -0.05) is 18.6 Å². The lowest BCUT2D eigenvalue weighted by Crippen LogP contribution is -2.30. The van der Waals surface area contributed by atoms with Gasteiger partial charge in [0.25, 0.3) is 5.91 Å². The molecule has 1 aliphatic carbocycles. The number of fused-ring (bicyclic) bond motifs is 1. The van der Waals surface area contributed by atoms with Crippen LogP contribution in [0.4, 0.5) is 11.4 Å². The van der Waals surface area contributed by atoms with Crippen LogP contribution in [-0.4, -0.2) is 30.3 Å². The molecule has 3 amide bonds. The molecule has 1 aliphatic heterocycles. The zero-order valence-electron chi connectivity index (χ0n) is 18.7. The van der Waals surface area contributed by atoms with Gasteiger partial charge in [0.05, 0.1) is 29.7 Å². The van der Waals surface area contributed by atoms with Crippen molar-refractivity contribution in [2.75, 3.05) is 16.8 Å². The highest BCUT2D eigenvalue weighted by atomic mass is 16.5. The number of rotatable bonds is 6. The van der Waals surface area contributed by atoms with Gasteiger partial charge in [-0.25, -0.2) is 4.79 Å². The number of hydrogen-bond acceptors (Lipinski definition) is 5. The highest BCUT2D eigenvalue weighted by Crippen LogP contribution is 2.39. The van der Waals surface area contributed by atoms with Crippen LogP contribution >= 0.6 is 0 Å². The van der Waals surface area contributed by atoms with Crippen molar-refractivity contribution < 1.29 is 23.9 Å². The summed E-state index contributed by atoms with van der Waals surface area (Å²) in [6.45, 7) is 4.26. The fourth-order valence-corrected chi connectivity index (χ4v) is 4.22. The quantitative estimate of drug-likeness (QED) is 0.405. The maximum Gasteiger partial charge on any atom is 0.338 e. The predicted octanol–water partition coefficient (Wildman–Crippen LogP) is 4.35. The minimum Gasteiger partial charge on any atom is -0.462 e. The molecule has 2 aromatic rings. The van der Waals surface area contributed by atoms with E-state index in [9.17, 15) is 19.2 Å². The Labute approximate surface area is 192 Å². The van der Waals surface area contributed by atoms with Gasteiger partial charge in [0.1, 0.15) is 0 Å². The lowest BCUT2D eigenvalue weighted by molar-refractivity contribution is -0.122. The van der Waals surface area contributed by atoms with E-state index in [-0.39, 0.29) is 29.6 Å². The minimum absolute atomic E-state index is 0.174. The third-order valence-electron chi connectivity index (χ3n) is 6.03. The Morgan fingerprint density at radius 2 is 1.61 bits per heavy atom. The van der Waals surface area contributed by atoms with Crippen LogP contribution in [0.3, 0.4) is 0 Å². The van der Waals surface area contributed by atoms with Gasteiger partial charge < -0.3 is 10.1 Å². The minimum atomic E-state index is -0.401. The van der Waals surface area contributed by atoms with Gasteiger partial charge in [-0.05, 0) is 74.7 Å². The number of anilines is 2. The Kier molecular flexibility index (Phi) is 6.40. The number of amides is 3. The van der Waals surface area contributed by atoms with E-state index in [4.69, 9.17) is 4.74 Å². The molecular formula is C26H26N2O5. The third-order valence-corrected chi connectivity index (χ3v) is 6.03. The number of imide groups is 1. The van der Waals surface area contributed by atoms with Gasteiger partial charge in [0, 0.05) is 11.3 Å². The van der Waals surface area contributed by atoms with Crippen molar-refractivity contribution in [1.29, 1.82) is 0 Å². The van der Waals surface area contributed by atoms with E-state index >= 15 is 0 Å². The molecule has 1 saturated heterocycles. The number of benzene rings is 2. The molecule has 170 valence electrons. The van der Waals surface area contributed by atoms with Gasteiger partial charge >= 0.3 is 5.97 Å². The Bertz CT molecular complexity index is 1120. The van der Waals surface area contributed by atoms with Crippen molar-refractivity contribution in [2.45, 2.75) is 33.1 Å². The number of carbonyl (C=O) groups excluding carboxylic acids is 4. The van der Waals surface area contributed by atoms with Crippen LogP contribution in [0.1, 0.15) is 53.8 Å². The van der Waals surface area contributed by atoms with E-state index in [0.29, 0.717) is 42.0 Å². The zero-order chi connectivity index (χ0) is 23.5. The normalized spacial score (nSPS) is 19.7. The molecule has 0 aromatic heterocycles. The topological polar surface area (TPSA) is 92.8 Å². The van der Waals surface area contributed by atoms with Gasteiger partial charge in [-0.15, -0.1) is 0 Å². The monoisotopic (exact) mass is 446 g/mol. The largest absolute Gasteiger partial charge is 0.462 e. The van der Waals surface area contributed by atoms with Crippen molar-refractivity contribution in [3.63, 3.8) is 0 Å². The van der Waals surface area contributed by atoms with Gasteiger partial charge in [-0.3, -0.25) is 19.3 Å². The molecule has 2 atom stereocenters. The molecule has 1 fully saturated rings. The summed E-state index contributed by atoms with van der Waals surface area (Å²) in [6.07, 6.45) is 3.98. The lowest BCUT2D eigenvalue weighted by atomic mass is 9.82. The summed E-state index contributed by atoms with van der Waals surface area (Å²) in [5, 5.41) is 2.77. The maximum absolute atomic E-state index is 12.9. The number of hydrogen-bond donors (Lipinski definition) is 1. The van der Waals surface area contributed by atoms with E-state index in [1.165, 1.54) is 4.90 Å². The molecule has 0 unspecified atom stereocenters. The summed E-state index contributed by atoms with van der Waals surface area (Å²) in [5.74, 6) is -1.69. The predicted molar refractivity (Wildman–Crippen MR) is 124 cm³/mol. The van der Waals surface area contributed by atoms with Crippen LogP contribution < -0.4 is 10.2 Å². The summed E-state index contributed by atoms with van der Waals surface area (Å²) in [4.78, 5) is 51.4. The maximum atomic E-state index is 12.9. The number of allylic oxidation sites excluding steroid dienone is 2. The summed E-state index contributed by atoms with van der Waals surface area (Å²) < 4.78 is 5.09. The molecule has 1 heterocycles. The van der Waals surface area contributed by atoms with Crippen molar-refractivity contribution in [3.05, 3.63) is 71.3 Å². The molecule has 1 N–H and O–H groups in total. The Hall–Kier alpha value is -3.74. The number of esters is 1. The molecule has 2 aromatic carbocycles. The van der Waals surface area contributed by atoms with Gasteiger partial charge in [0.15, 0.2) is 0 Å². The summed E-state index contributed by atoms with van der Waals surface area (Å²) in [6, 6.07) is 12.9. The van der Waals surface area contributed by atoms with Gasteiger partial charge in [-0.2, -0.15) is 0 Å². The van der Waals surface area contributed by atoms with Crippen LogP contribution in [-0.2, 0) is 14.3 Å². The molecular weight excluding hydrogens is 420 g/mol. The Morgan fingerprint density at radius 3 is 2.27 bits per heavy atom. The second-order valence-corrected chi connectivity index (χ2v) is 8.43. The fraction of sp³-hybridized carbons (Fsp3) is 0.308. The SMILES string of the molecule is CCCOC(=O)c1ccc(NC(=O)c2ccc(N3C(=O)[C@H]4CC=C(C)C[C@H]4C3=O)cc2)cc1. The van der Waals surface area contributed by atoms with E-state index in [1.807, 2.05) is 19.9 Å². The van der Waals surface area contributed by atoms with Crippen LogP contribution in [0, 0.1) is 11.8 Å². The molecule has 0 bridgehead atoms. The van der Waals surface area contributed by atoms with E-state index in [2.05, 4.69) is 5.32 Å². The summed E-state index contributed by atoms with van der Waals surface area (Å²) >= 11 is 0. The first kappa shape index (κ1) is 22.5. The second-order valence-electron chi connectivity index (χ2n) is 8.43. The first-order valence-corrected chi connectivity index (χ1v) is 11.1. The molecule has 0 radical (unpaired) electrons. The van der Waals surface area contributed by atoms with Crippen LogP contribution in [0.2, 0.25) is 0 Å². The molecule has 7 nitrogen and oxygen atoms in total. The first-order valence-electron chi connectivity index (χ1n) is 11.1. The highest BCUT2D eigenvalue weighted by molar-refractivity contribution is 6.22. The third kappa shape index (κ3) is 4.58. The fourth-order valence-electron chi connectivity index (χ4n) is 4.22. The average molecular weight is 447 g/mol. The summed E-state index contributed by atoms with van der Waals surface area (Å²) in [5.41, 5.74) is 2.95. The van der Waals surface area contributed by atoms with Crippen LogP contribution in [0.25, 0.3) is 0 Å². The highest BCUT2D eigenvalue weighted by Gasteiger charge is 2.48.